The van der Waals surface area contributed by atoms with Gasteiger partial charge >= 0.3 is 0 Å². The molecule has 0 fully saturated rings. The minimum atomic E-state index is -0.0444. The lowest BCUT2D eigenvalue weighted by atomic mass is 10.1. The number of benzene rings is 2. The van der Waals surface area contributed by atoms with Gasteiger partial charge in [0.15, 0.2) is 0 Å². The Bertz CT molecular complexity index is 555. The highest BCUT2D eigenvalue weighted by Gasteiger charge is 2.10. The van der Waals surface area contributed by atoms with Gasteiger partial charge in [-0.25, -0.2) is 0 Å². The fourth-order valence-electron chi connectivity index (χ4n) is 2.12. The number of nitrogens with two attached hydrogens (primary N) is 1. The molecule has 2 rings (SSSR count). The summed E-state index contributed by atoms with van der Waals surface area (Å²) >= 11 is 0. The predicted molar refractivity (Wildman–Crippen MR) is 88.7 cm³/mol. The van der Waals surface area contributed by atoms with Gasteiger partial charge in [-0.05, 0) is 36.6 Å². The molecule has 0 aliphatic rings. The lowest BCUT2D eigenvalue weighted by molar-refractivity contribution is 0.0940. The first-order valence-corrected chi connectivity index (χ1v) is 6.83. The highest BCUT2D eigenvalue weighted by molar-refractivity contribution is 5.94. The summed E-state index contributed by atoms with van der Waals surface area (Å²) in [6.07, 6.45) is 0.827. The van der Waals surface area contributed by atoms with E-state index in [9.17, 15) is 4.79 Å². The molecule has 3 N–H and O–H groups in total. The SMILES string of the molecule is CC(Cc1ccccc1)NC(=O)c1ccc(CN)cc1.Cl. The molecule has 0 aromatic heterocycles. The van der Waals surface area contributed by atoms with Crippen LogP contribution >= 0.6 is 12.4 Å². The Morgan fingerprint density at radius 2 is 1.67 bits per heavy atom. The molecule has 2 aromatic carbocycles. The van der Waals surface area contributed by atoms with Crippen LogP contribution in [0.4, 0.5) is 0 Å². The third-order valence-corrected chi connectivity index (χ3v) is 3.21. The van der Waals surface area contributed by atoms with E-state index in [1.807, 2.05) is 49.4 Å². The number of rotatable bonds is 5. The van der Waals surface area contributed by atoms with Crippen LogP contribution in [0.1, 0.15) is 28.4 Å². The lowest BCUT2D eigenvalue weighted by Gasteiger charge is -2.14. The molecule has 112 valence electrons. The number of hydrogen-bond acceptors (Lipinski definition) is 2. The zero-order chi connectivity index (χ0) is 14.4. The highest BCUT2D eigenvalue weighted by Crippen LogP contribution is 2.06. The molecule has 3 nitrogen and oxygen atoms in total. The number of halogens is 1. The van der Waals surface area contributed by atoms with Gasteiger partial charge in [0.05, 0.1) is 0 Å². The monoisotopic (exact) mass is 304 g/mol. The number of carbonyl (C=O) groups excluding carboxylic acids is 1. The van der Waals surface area contributed by atoms with E-state index in [2.05, 4.69) is 17.4 Å². The smallest absolute Gasteiger partial charge is 0.251 e. The average molecular weight is 305 g/mol. The molecule has 0 saturated carbocycles. The van der Waals surface area contributed by atoms with Gasteiger partial charge in [-0.3, -0.25) is 4.79 Å². The van der Waals surface area contributed by atoms with Gasteiger partial charge in [0.25, 0.3) is 5.91 Å². The van der Waals surface area contributed by atoms with Crippen molar-refractivity contribution < 1.29 is 4.79 Å². The topological polar surface area (TPSA) is 55.1 Å². The Kier molecular flexibility index (Phi) is 6.92. The summed E-state index contributed by atoms with van der Waals surface area (Å²) in [5.41, 5.74) is 8.46. The van der Waals surface area contributed by atoms with Gasteiger partial charge in [0, 0.05) is 18.2 Å². The molecular weight excluding hydrogens is 284 g/mol. The van der Waals surface area contributed by atoms with Crippen molar-refractivity contribution in [3.8, 4) is 0 Å². The number of amides is 1. The summed E-state index contributed by atoms with van der Waals surface area (Å²) in [4.78, 5) is 12.1. The highest BCUT2D eigenvalue weighted by atomic mass is 35.5. The molecule has 0 saturated heterocycles. The molecule has 0 aliphatic heterocycles. The molecule has 2 aromatic rings. The molecule has 0 radical (unpaired) electrons. The Labute approximate surface area is 132 Å². The summed E-state index contributed by atoms with van der Waals surface area (Å²) in [6, 6.07) is 17.6. The van der Waals surface area contributed by atoms with Crippen molar-refractivity contribution in [1.29, 1.82) is 0 Å². The van der Waals surface area contributed by atoms with E-state index < -0.39 is 0 Å². The zero-order valence-electron chi connectivity index (χ0n) is 12.1. The van der Waals surface area contributed by atoms with Crippen LogP contribution in [0.15, 0.2) is 54.6 Å². The first-order valence-electron chi connectivity index (χ1n) is 6.83. The lowest BCUT2D eigenvalue weighted by Crippen LogP contribution is -2.34. The molecule has 4 heteroatoms. The predicted octanol–water partition coefficient (Wildman–Crippen LogP) is 2.93. The molecule has 0 spiro atoms. The second-order valence-corrected chi connectivity index (χ2v) is 4.97. The van der Waals surface area contributed by atoms with Crippen LogP contribution in [0.3, 0.4) is 0 Å². The Hall–Kier alpha value is -1.84. The van der Waals surface area contributed by atoms with Crippen LogP contribution in [0, 0.1) is 0 Å². The summed E-state index contributed by atoms with van der Waals surface area (Å²) < 4.78 is 0. The van der Waals surface area contributed by atoms with Gasteiger partial charge in [0.1, 0.15) is 0 Å². The van der Waals surface area contributed by atoms with Crippen molar-refractivity contribution >= 4 is 18.3 Å². The van der Waals surface area contributed by atoms with Crippen LogP contribution in [-0.2, 0) is 13.0 Å². The van der Waals surface area contributed by atoms with Crippen molar-refractivity contribution in [2.45, 2.75) is 25.9 Å². The average Bonchev–Trinajstić information content (AvgIpc) is 2.48. The van der Waals surface area contributed by atoms with E-state index in [1.165, 1.54) is 5.56 Å². The molecule has 21 heavy (non-hydrogen) atoms. The van der Waals surface area contributed by atoms with Gasteiger partial charge in [-0.1, -0.05) is 42.5 Å². The fourth-order valence-corrected chi connectivity index (χ4v) is 2.12. The van der Waals surface area contributed by atoms with Gasteiger partial charge in [-0.15, -0.1) is 12.4 Å². The Morgan fingerprint density at radius 1 is 1.05 bits per heavy atom. The maximum Gasteiger partial charge on any atom is 0.251 e. The van der Waals surface area contributed by atoms with E-state index in [0.717, 1.165) is 12.0 Å². The van der Waals surface area contributed by atoms with Gasteiger partial charge in [-0.2, -0.15) is 0 Å². The van der Waals surface area contributed by atoms with Gasteiger partial charge < -0.3 is 11.1 Å². The van der Waals surface area contributed by atoms with Crippen LogP contribution in [0.2, 0.25) is 0 Å². The van der Waals surface area contributed by atoms with Crippen molar-refractivity contribution in [3.05, 3.63) is 71.3 Å². The fraction of sp³-hybridized carbons (Fsp3) is 0.235. The van der Waals surface area contributed by atoms with Crippen molar-refractivity contribution in [2.75, 3.05) is 0 Å². The van der Waals surface area contributed by atoms with Gasteiger partial charge in [0.2, 0.25) is 0 Å². The van der Waals surface area contributed by atoms with Crippen molar-refractivity contribution in [2.24, 2.45) is 5.73 Å². The van der Waals surface area contributed by atoms with E-state index in [-0.39, 0.29) is 24.4 Å². The molecule has 1 unspecified atom stereocenters. The maximum absolute atomic E-state index is 12.1. The summed E-state index contributed by atoms with van der Waals surface area (Å²) in [7, 11) is 0. The third kappa shape index (κ3) is 5.21. The van der Waals surface area contributed by atoms with E-state index >= 15 is 0 Å². The van der Waals surface area contributed by atoms with Crippen LogP contribution in [0.25, 0.3) is 0 Å². The number of nitrogens with one attached hydrogen (secondary N) is 1. The molecule has 0 bridgehead atoms. The maximum atomic E-state index is 12.1. The number of hydrogen-bond donors (Lipinski definition) is 2. The summed E-state index contributed by atoms with van der Waals surface area (Å²) in [6.45, 7) is 2.51. The van der Waals surface area contributed by atoms with E-state index in [0.29, 0.717) is 12.1 Å². The minimum absolute atomic E-state index is 0. The second kappa shape index (κ2) is 8.45. The molecule has 0 heterocycles. The molecular formula is C17H21ClN2O. The van der Waals surface area contributed by atoms with Crippen molar-refractivity contribution in [1.82, 2.24) is 5.32 Å². The van der Waals surface area contributed by atoms with E-state index in [1.54, 1.807) is 0 Å². The summed E-state index contributed by atoms with van der Waals surface area (Å²) in [5.74, 6) is -0.0444. The van der Waals surface area contributed by atoms with Crippen LogP contribution in [-0.4, -0.2) is 11.9 Å². The standard InChI is InChI=1S/C17H20N2O.ClH/c1-13(11-14-5-3-2-4-6-14)19-17(20)16-9-7-15(12-18)8-10-16;/h2-10,13H,11-12,18H2,1H3,(H,19,20);1H. The number of carbonyl (C=O) groups is 1. The second-order valence-electron chi connectivity index (χ2n) is 4.97. The Balaban J connectivity index is 0.00000220. The quantitative estimate of drug-likeness (QED) is 0.892. The minimum Gasteiger partial charge on any atom is -0.349 e. The molecule has 1 amide bonds. The van der Waals surface area contributed by atoms with Crippen molar-refractivity contribution in [3.63, 3.8) is 0 Å². The largest absolute Gasteiger partial charge is 0.349 e. The Morgan fingerprint density at radius 3 is 2.24 bits per heavy atom. The third-order valence-electron chi connectivity index (χ3n) is 3.21. The van der Waals surface area contributed by atoms with E-state index in [4.69, 9.17) is 5.73 Å². The first kappa shape index (κ1) is 17.2. The zero-order valence-corrected chi connectivity index (χ0v) is 12.9. The first-order chi connectivity index (χ1) is 9.69. The van der Waals surface area contributed by atoms with Crippen LogP contribution < -0.4 is 11.1 Å². The normalized spacial score (nSPS) is 11.3. The van der Waals surface area contributed by atoms with Crippen LogP contribution in [0.5, 0.6) is 0 Å². The summed E-state index contributed by atoms with van der Waals surface area (Å²) in [5, 5.41) is 3.01. The molecule has 1 atom stereocenters. The molecule has 0 aliphatic carbocycles.